The molecule has 0 fully saturated rings. The van der Waals surface area contributed by atoms with E-state index in [9.17, 15) is 14.9 Å². The lowest BCUT2D eigenvalue weighted by molar-refractivity contribution is -0.384. The lowest BCUT2D eigenvalue weighted by atomic mass is 10.2. The Balaban J connectivity index is 1.68. The molecule has 2 aromatic carbocycles. The molecule has 0 saturated heterocycles. The number of aromatic nitrogens is 3. The number of fused-ring (bicyclic) bond motifs is 1. The van der Waals surface area contributed by atoms with Gasteiger partial charge in [0.25, 0.3) is 11.6 Å². The van der Waals surface area contributed by atoms with Crippen LogP contribution in [0.2, 0.25) is 0 Å². The van der Waals surface area contributed by atoms with E-state index >= 15 is 0 Å². The number of anilines is 1. The number of amides is 1. The summed E-state index contributed by atoms with van der Waals surface area (Å²) in [4.78, 5) is 29.8. The second-order valence-corrected chi connectivity index (χ2v) is 7.37. The zero-order valence-corrected chi connectivity index (χ0v) is 16.8. The van der Waals surface area contributed by atoms with Crippen molar-refractivity contribution in [3.05, 3.63) is 76.6 Å². The summed E-state index contributed by atoms with van der Waals surface area (Å²) in [6, 6.07) is 12.9. The number of thiazole rings is 1. The number of carbonyl (C=O) groups excluding carboxylic acids is 1. The Kier molecular flexibility index (Phi) is 5.40. The molecule has 4 aromatic rings. The van der Waals surface area contributed by atoms with Gasteiger partial charge in [0.05, 0.1) is 28.8 Å². The second kappa shape index (κ2) is 8.29. The molecule has 0 spiro atoms. The van der Waals surface area contributed by atoms with Crippen molar-refractivity contribution < 1.29 is 14.5 Å². The van der Waals surface area contributed by atoms with Crippen molar-refractivity contribution in [1.29, 1.82) is 0 Å². The van der Waals surface area contributed by atoms with Gasteiger partial charge in [-0.25, -0.2) is 4.98 Å². The maximum atomic E-state index is 13.3. The van der Waals surface area contributed by atoms with Crippen molar-refractivity contribution in [2.24, 2.45) is 0 Å². The van der Waals surface area contributed by atoms with Crippen molar-refractivity contribution in [3.63, 3.8) is 0 Å². The molecular weight excluding hydrogens is 406 g/mol. The van der Waals surface area contributed by atoms with Crippen molar-refractivity contribution >= 4 is 38.3 Å². The van der Waals surface area contributed by atoms with Crippen LogP contribution < -0.4 is 9.64 Å². The summed E-state index contributed by atoms with van der Waals surface area (Å²) >= 11 is 1.38. The molecule has 0 radical (unpaired) electrons. The molecule has 0 aliphatic heterocycles. The number of methoxy groups -OCH3 is 1. The summed E-state index contributed by atoms with van der Waals surface area (Å²) < 4.78 is 7.89. The quantitative estimate of drug-likeness (QED) is 0.331. The predicted molar refractivity (Wildman–Crippen MR) is 113 cm³/mol. The van der Waals surface area contributed by atoms with Gasteiger partial charge in [0, 0.05) is 36.6 Å². The highest BCUT2D eigenvalue weighted by atomic mass is 32.1. The third-order valence-electron chi connectivity index (χ3n) is 4.50. The molecule has 0 aliphatic rings. The number of hydrogen-bond donors (Lipinski definition) is 0. The van der Waals surface area contributed by atoms with Gasteiger partial charge < -0.3 is 4.74 Å². The summed E-state index contributed by atoms with van der Waals surface area (Å²) in [5.74, 6) is 0.422. The van der Waals surface area contributed by atoms with Gasteiger partial charge in [-0.3, -0.25) is 24.5 Å². The molecular formula is C20H17N5O4S. The number of ether oxygens (including phenoxy) is 1. The fraction of sp³-hybridized carbons (Fsp3) is 0.150. The minimum Gasteiger partial charge on any atom is -0.497 e. The average molecular weight is 423 g/mol. The van der Waals surface area contributed by atoms with Crippen molar-refractivity contribution in [2.45, 2.75) is 6.54 Å². The molecule has 9 nitrogen and oxygen atoms in total. The summed E-state index contributed by atoms with van der Waals surface area (Å²) in [7, 11) is 1.59. The number of rotatable bonds is 7. The van der Waals surface area contributed by atoms with E-state index < -0.39 is 4.92 Å². The van der Waals surface area contributed by atoms with E-state index in [-0.39, 0.29) is 11.6 Å². The van der Waals surface area contributed by atoms with Crippen molar-refractivity contribution in [1.82, 2.24) is 14.8 Å². The molecule has 1 amide bonds. The van der Waals surface area contributed by atoms with Crippen LogP contribution in [-0.4, -0.2) is 39.2 Å². The Labute approximate surface area is 175 Å². The van der Waals surface area contributed by atoms with E-state index in [4.69, 9.17) is 4.74 Å². The van der Waals surface area contributed by atoms with Gasteiger partial charge in [0.1, 0.15) is 5.75 Å². The number of nitrogens with zero attached hydrogens (tertiary/aromatic N) is 5. The van der Waals surface area contributed by atoms with Crippen molar-refractivity contribution in [2.75, 3.05) is 18.6 Å². The highest BCUT2D eigenvalue weighted by Crippen LogP contribution is 2.32. The van der Waals surface area contributed by atoms with Crippen LogP contribution >= 0.6 is 11.3 Å². The highest BCUT2D eigenvalue weighted by Gasteiger charge is 2.22. The number of nitro benzene ring substituents is 1. The summed E-state index contributed by atoms with van der Waals surface area (Å²) in [6.07, 6.45) is 3.49. The van der Waals surface area contributed by atoms with Gasteiger partial charge in [-0.15, -0.1) is 0 Å². The van der Waals surface area contributed by atoms with Crippen molar-refractivity contribution in [3.8, 4) is 5.75 Å². The van der Waals surface area contributed by atoms with E-state index in [1.807, 2.05) is 30.5 Å². The molecule has 30 heavy (non-hydrogen) atoms. The van der Waals surface area contributed by atoms with Crippen LogP contribution in [0.25, 0.3) is 10.2 Å². The summed E-state index contributed by atoms with van der Waals surface area (Å²) in [6.45, 7) is 0.819. The molecule has 0 aliphatic carbocycles. The van der Waals surface area contributed by atoms with E-state index in [1.165, 1.54) is 35.6 Å². The molecule has 0 bridgehead atoms. The van der Waals surface area contributed by atoms with Gasteiger partial charge in [-0.05, 0) is 36.4 Å². The maximum Gasteiger partial charge on any atom is 0.269 e. The topological polar surface area (TPSA) is 103 Å². The van der Waals surface area contributed by atoms with Gasteiger partial charge in [0.2, 0.25) is 0 Å². The smallest absolute Gasteiger partial charge is 0.269 e. The molecule has 4 rings (SSSR count). The second-order valence-electron chi connectivity index (χ2n) is 6.36. The molecule has 0 N–H and O–H groups in total. The number of benzene rings is 2. The first kappa shape index (κ1) is 19.5. The van der Waals surface area contributed by atoms with Gasteiger partial charge >= 0.3 is 0 Å². The van der Waals surface area contributed by atoms with Crippen LogP contribution in [0.1, 0.15) is 10.4 Å². The molecule has 0 saturated carbocycles. The molecule has 2 heterocycles. The fourth-order valence-corrected chi connectivity index (χ4v) is 3.95. The molecule has 2 aromatic heterocycles. The predicted octanol–water partition coefficient (Wildman–Crippen LogP) is 3.76. The number of hydrogen-bond acceptors (Lipinski definition) is 7. The van der Waals surface area contributed by atoms with Crippen LogP contribution in [0.3, 0.4) is 0 Å². The Bertz CT molecular complexity index is 1190. The Morgan fingerprint density at radius 1 is 1.27 bits per heavy atom. The number of non-ortho nitro benzene ring substituents is 1. The zero-order chi connectivity index (χ0) is 21.1. The summed E-state index contributed by atoms with van der Waals surface area (Å²) in [5, 5.41) is 15.6. The molecule has 0 unspecified atom stereocenters. The van der Waals surface area contributed by atoms with Crippen LogP contribution in [-0.2, 0) is 6.54 Å². The average Bonchev–Trinajstić information content (AvgIpc) is 3.43. The lowest BCUT2D eigenvalue weighted by Crippen LogP contribution is -2.34. The molecule has 0 atom stereocenters. The third-order valence-corrected chi connectivity index (χ3v) is 5.54. The lowest BCUT2D eigenvalue weighted by Gasteiger charge is -2.20. The van der Waals surface area contributed by atoms with E-state index in [1.54, 1.807) is 22.9 Å². The minimum atomic E-state index is -0.495. The van der Waals surface area contributed by atoms with E-state index in [0.717, 1.165) is 10.2 Å². The normalized spacial score (nSPS) is 10.8. The minimum absolute atomic E-state index is 0.0678. The van der Waals surface area contributed by atoms with Gasteiger partial charge in [-0.2, -0.15) is 5.10 Å². The van der Waals surface area contributed by atoms with Crippen LogP contribution in [0.4, 0.5) is 10.8 Å². The summed E-state index contributed by atoms with van der Waals surface area (Å²) in [5.41, 5.74) is 1.04. The highest BCUT2D eigenvalue weighted by molar-refractivity contribution is 7.22. The third kappa shape index (κ3) is 3.98. The van der Waals surface area contributed by atoms with Crippen LogP contribution in [0.15, 0.2) is 60.9 Å². The first-order valence-corrected chi connectivity index (χ1v) is 9.85. The first-order chi connectivity index (χ1) is 14.5. The number of nitro groups is 1. The SMILES string of the molecule is COc1ccc2nc(N(CCn3cccn3)C(=O)c3ccc([N+](=O)[O-])cc3)sc2c1. The zero-order valence-electron chi connectivity index (χ0n) is 16.0. The Hall–Kier alpha value is -3.79. The molecule has 152 valence electrons. The fourth-order valence-electron chi connectivity index (χ4n) is 2.94. The van der Waals surface area contributed by atoms with E-state index in [0.29, 0.717) is 29.5 Å². The Morgan fingerprint density at radius 3 is 2.73 bits per heavy atom. The number of carbonyl (C=O) groups is 1. The largest absolute Gasteiger partial charge is 0.497 e. The van der Waals surface area contributed by atoms with E-state index in [2.05, 4.69) is 10.1 Å². The van der Waals surface area contributed by atoms with Gasteiger partial charge in [0.15, 0.2) is 5.13 Å². The van der Waals surface area contributed by atoms with Crippen LogP contribution in [0, 0.1) is 10.1 Å². The molecule has 10 heteroatoms. The monoisotopic (exact) mass is 423 g/mol. The standard InChI is InChI=1S/C20H17N5O4S/c1-29-16-7-8-17-18(13-16)30-20(22-17)24(12-11-23-10-2-9-21-23)19(26)14-3-5-15(6-4-14)25(27)28/h2-10,13H,11-12H2,1H3. The Morgan fingerprint density at radius 2 is 2.07 bits per heavy atom. The first-order valence-electron chi connectivity index (χ1n) is 9.03. The maximum absolute atomic E-state index is 13.3. The van der Waals surface area contributed by atoms with Crippen LogP contribution in [0.5, 0.6) is 5.75 Å². The van der Waals surface area contributed by atoms with Gasteiger partial charge in [-0.1, -0.05) is 11.3 Å².